The number of anilines is 1. The summed E-state index contributed by atoms with van der Waals surface area (Å²) < 4.78 is 40.2. The standard InChI is InChI=1S/C15H12F3NO/c16-15(17,18)20-14-6-2-4-12(10-14)8-7-11-3-1-5-13(19)9-11/h1-10H,19H2/b8-7+. The van der Waals surface area contributed by atoms with Gasteiger partial charge in [-0.1, -0.05) is 36.4 Å². The summed E-state index contributed by atoms with van der Waals surface area (Å²) in [5.74, 6) is -0.243. The molecule has 0 aromatic heterocycles. The highest BCUT2D eigenvalue weighted by atomic mass is 19.4. The van der Waals surface area contributed by atoms with Crippen molar-refractivity contribution in [2.45, 2.75) is 6.36 Å². The predicted octanol–water partition coefficient (Wildman–Crippen LogP) is 4.34. The first-order valence-electron chi connectivity index (χ1n) is 5.82. The molecule has 0 spiro atoms. The molecule has 0 saturated heterocycles. The molecule has 0 atom stereocenters. The molecule has 104 valence electrons. The monoisotopic (exact) mass is 279 g/mol. The molecule has 5 heteroatoms. The minimum atomic E-state index is -4.68. The van der Waals surface area contributed by atoms with Gasteiger partial charge in [0.15, 0.2) is 0 Å². The largest absolute Gasteiger partial charge is 0.573 e. The molecular weight excluding hydrogens is 267 g/mol. The lowest BCUT2D eigenvalue weighted by molar-refractivity contribution is -0.274. The fraction of sp³-hybridized carbons (Fsp3) is 0.0667. The van der Waals surface area contributed by atoms with Crippen molar-refractivity contribution in [2.75, 3.05) is 5.73 Å². The summed E-state index contributed by atoms with van der Waals surface area (Å²) in [6, 6.07) is 12.9. The minimum absolute atomic E-state index is 0.243. The van der Waals surface area contributed by atoms with E-state index in [1.54, 1.807) is 36.4 Å². The van der Waals surface area contributed by atoms with Crippen LogP contribution in [0.2, 0.25) is 0 Å². The SMILES string of the molecule is Nc1cccc(/C=C/c2cccc(OC(F)(F)F)c2)c1. The molecule has 2 nitrogen and oxygen atoms in total. The van der Waals surface area contributed by atoms with Gasteiger partial charge >= 0.3 is 6.36 Å². The predicted molar refractivity (Wildman–Crippen MR) is 72.9 cm³/mol. The van der Waals surface area contributed by atoms with Gasteiger partial charge in [-0.05, 0) is 35.4 Å². The van der Waals surface area contributed by atoms with E-state index < -0.39 is 6.36 Å². The Hall–Kier alpha value is -2.43. The van der Waals surface area contributed by atoms with Gasteiger partial charge in [0.1, 0.15) is 5.75 Å². The highest BCUT2D eigenvalue weighted by Crippen LogP contribution is 2.24. The van der Waals surface area contributed by atoms with Crippen molar-refractivity contribution in [3.63, 3.8) is 0 Å². The van der Waals surface area contributed by atoms with E-state index in [-0.39, 0.29) is 5.75 Å². The maximum Gasteiger partial charge on any atom is 0.573 e. The molecule has 2 aromatic rings. The van der Waals surface area contributed by atoms with Crippen molar-refractivity contribution < 1.29 is 17.9 Å². The van der Waals surface area contributed by atoms with Gasteiger partial charge in [-0.15, -0.1) is 13.2 Å². The number of nitrogen functional groups attached to an aromatic ring is 1. The molecule has 0 fully saturated rings. The minimum Gasteiger partial charge on any atom is -0.406 e. The second-order valence-electron chi connectivity index (χ2n) is 4.12. The van der Waals surface area contributed by atoms with E-state index in [2.05, 4.69) is 4.74 Å². The molecule has 20 heavy (non-hydrogen) atoms. The second kappa shape index (κ2) is 5.69. The van der Waals surface area contributed by atoms with Crippen LogP contribution in [0.3, 0.4) is 0 Å². The molecule has 2 N–H and O–H groups in total. The van der Waals surface area contributed by atoms with Gasteiger partial charge in [0.2, 0.25) is 0 Å². The number of nitrogens with two attached hydrogens (primary N) is 1. The van der Waals surface area contributed by atoms with Gasteiger partial charge in [0.25, 0.3) is 0 Å². The summed E-state index contributed by atoms with van der Waals surface area (Å²) >= 11 is 0. The molecule has 0 saturated carbocycles. The summed E-state index contributed by atoms with van der Waals surface area (Å²) in [6.45, 7) is 0. The number of rotatable bonds is 3. The van der Waals surface area contributed by atoms with Crippen LogP contribution < -0.4 is 10.5 Å². The highest BCUT2D eigenvalue weighted by molar-refractivity contribution is 5.71. The van der Waals surface area contributed by atoms with E-state index in [4.69, 9.17) is 5.73 Å². The highest BCUT2D eigenvalue weighted by Gasteiger charge is 2.30. The number of alkyl halides is 3. The maximum absolute atomic E-state index is 12.1. The normalized spacial score (nSPS) is 11.8. The van der Waals surface area contributed by atoms with Crippen molar-refractivity contribution in [3.8, 4) is 5.75 Å². The number of halogens is 3. The van der Waals surface area contributed by atoms with E-state index in [9.17, 15) is 13.2 Å². The van der Waals surface area contributed by atoms with Crippen LogP contribution in [0, 0.1) is 0 Å². The summed E-state index contributed by atoms with van der Waals surface area (Å²) in [5.41, 5.74) is 7.74. The van der Waals surface area contributed by atoms with Gasteiger partial charge in [0, 0.05) is 5.69 Å². The van der Waals surface area contributed by atoms with E-state index in [1.807, 2.05) is 6.07 Å². The zero-order valence-corrected chi connectivity index (χ0v) is 10.4. The van der Waals surface area contributed by atoms with Gasteiger partial charge < -0.3 is 10.5 Å². The number of ether oxygens (including phenoxy) is 1. The molecule has 0 unspecified atom stereocenters. The van der Waals surface area contributed by atoms with Crippen LogP contribution >= 0.6 is 0 Å². The average molecular weight is 279 g/mol. The Labute approximate surface area is 114 Å². The molecule has 0 bridgehead atoms. The van der Waals surface area contributed by atoms with Crippen molar-refractivity contribution >= 4 is 17.8 Å². The number of hydrogen-bond donors (Lipinski definition) is 1. The fourth-order valence-electron chi connectivity index (χ4n) is 1.67. The molecule has 0 amide bonds. The Morgan fingerprint density at radius 3 is 2.10 bits per heavy atom. The summed E-state index contributed by atoms with van der Waals surface area (Å²) in [5, 5.41) is 0. The quantitative estimate of drug-likeness (QED) is 0.670. The van der Waals surface area contributed by atoms with Crippen LogP contribution in [0.5, 0.6) is 5.75 Å². The molecule has 2 rings (SSSR count). The van der Waals surface area contributed by atoms with Crippen LogP contribution in [0.25, 0.3) is 12.2 Å². The average Bonchev–Trinajstić information content (AvgIpc) is 2.35. The summed E-state index contributed by atoms with van der Waals surface area (Å²) in [4.78, 5) is 0. The van der Waals surface area contributed by atoms with Gasteiger partial charge in [-0.3, -0.25) is 0 Å². The summed E-state index contributed by atoms with van der Waals surface area (Å²) in [7, 11) is 0. The van der Waals surface area contributed by atoms with E-state index in [0.717, 1.165) is 5.56 Å². The smallest absolute Gasteiger partial charge is 0.406 e. The van der Waals surface area contributed by atoms with Crippen molar-refractivity contribution in [2.24, 2.45) is 0 Å². The van der Waals surface area contributed by atoms with Crippen LogP contribution in [0.4, 0.5) is 18.9 Å². The third-order valence-corrected chi connectivity index (χ3v) is 2.47. The van der Waals surface area contributed by atoms with Crippen LogP contribution in [0.1, 0.15) is 11.1 Å². The molecule has 0 aliphatic carbocycles. The van der Waals surface area contributed by atoms with Crippen molar-refractivity contribution in [1.29, 1.82) is 0 Å². The Morgan fingerprint density at radius 2 is 1.50 bits per heavy atom. The van der Waals surface area contributed by atoms with Gasteiger partial charge in [0.05, 0.1) is 0 Å². The van der Waals surface area contributed by atoms with Crippen molar-refractivity contribution in [3.05, 3.63) is 59.7 Å². The van der Waals surface area contributed by atoms with E-state index >= 15 is 0 Å². The fourth-order valence-corrected chi connectivity index (χ4v) is 1.67. The Morgan fingerprint density at radius 1 is 0.900 bits per heavy atom. The zero-order chi connectivity index (χ0) is 14.6. The van der Waals surface area contributed by atoms with Crippen LogP contribution in [-0.2, 0) is 0 Å². The molecule has 0 heterocycles. The number of benzene rings is 2. The Kier molecular flexibility index (Phi) is 3.98. The van der Waals surface area contributed by atoms with E-state index in [1.165, 1.54) is 18.2 Å². The molecule has 0 radical (unpaired) electrons. The lowest BCUT2D eigenvalue weighted by atomic mass is 10.1. The third-order valence-electron chi connectivity index (χ3n) is 2.47. The molecule has 0 aliphatic rings. The Bertz CT molecular complexity index is 621. The van der Waals surface area contributed by atoms with Crippen LogP contribution in [-0.4, -0.2) is 6.36 Å². The third kappa shape index (κ3) is 4.35. The maximum atomic E-state index is 12.1. The van der Waals surface area contributed by atoms with Crippen LogP contribution in [0.15, 0.2) is 48.5 Å². The second-order valence-corrected chi connectivity index (χ2v) is 4.12. The first kappa shape index (κ1) is 14.0. The first-order valence-corrected chi connectivity index (χ1v) is 5.82. The van der Waals surface area contributed by atoms with Gasteiger partial charge in [-0.2, -0.15) is 0 Å². The topological polar surface area (TPSA) is 35.2 Å². The zero-order valence-electron chi connectivity index (χ0n) is 10.4. The van der Waals surface area contributed by atoms with E-state index in [0.29, 0.717) is 11.3 Å². The molecule has 0 aliphatic heterocycles. The first-order chi connectivity index (χ1) is 9.42. The van der Waals surface area contributed by atoms with Gasteiger partial charge in [-0.25, -0.2) is 0 Å². The summed E-state index contributed by atoms with van der Waals surface area (Å²) in [6.07, 6.45) is -1.22. The molecular formula is C15H12F3NO. The molecule has 2 aromatic carbocycles. The lowest BCUT2D eigenvalue weighted by Gasteiger charge is -2.08. The Balaban J connectivity index is 2.15. The van der Waals surface area contributed by atoms with Crippen molar-refractivity contribution in [1.82, 2.24) is 0 Å². The number of hydrogen-bond acceptors (Lipinski definition) is 2. The lowest BCUT2D eigenvalue weighted by Crippen LogP contribution is -2.17.